The number of aryl methyl sites for hydroxylation is 1. The molecule has 3 nitrogen and oxygen atoms in total. The van der Waals surface area contributed by atoms with E-state index in [1.807, 2.05) is 0 Å². The van der Waals surface area contributed by atoms with Crippen LogP contribution in [-0.2, 0) is 0 Å². The minimum atomic E-state index is 0.203. The molecule has 0 aromatic heterocycles. The number of hydrogen-bond donors (Lipinski definition) is 2. The van der Waals surface area contributed by atoms with Crippen LogP contribution >= 0.6 is 0 Å². The summed E-state index contributed by atoms with van der Waals surface area (Å²) in [7, 11) is 0. The molecule has 0 bridgehead atoms. The smallest absolute Gasteiger partial charge is 0.0585 e. The van der Waals surface area contributed by atoms with Gasteiger partial charge in [-0.2, -0.15) is 0 Å². The fourth-order valence-electron chi connectivity index (χ4n) is 2.08. The van der Waals surface area contributed by atoms with Gasteiger partial charge in [-0.05, 0) is 38.9 Å². The fraction of sp³-hybridized carbons (Fsp3) is 0.600. The molecule has 0 saturated heterocycles. The summed E-state index contributed by atoms with van der Waals surface area (Å²) in [6.45, 7) is 9.42. The maximum Gasteiger partial charge on any atom is 0.0585 e. The zero-order valence-corrected chi connectivity index (χ0v) is 11.8. The van der Waals surface area contributed by atoms with Crippen molar-refractivity contribution in [1.29, 1.82) is 0 Å². The number of nitrogens with zero attached hydrogens (tertiary/aromatic N) is 1. The number of aliphatic hydroxyl groups is 1. The van der Waals surface area contributed by atoms with Gasteiger partial charge in [-0.25, -0.2) is 0 Å². The highest BCUT2D eigenvalue weighted by atomic mass is 16.3. The Morgan fingerprint density at radius 1 is 1.22 bits per heavy atom. The molecule has 0 aliphatic heterocycles. The lowest BCUT2D eigenvalue weighted by atomic mass is 10.1. The zero-order valence-electron chi connectivity index (χ0n) is 11.8. The molecule has 0 spiro atoms. The Labute approximate surface area is 111 Å². The first-order valence-electron chi connectivity index (χ1n) is 6.87. The van der Waals surface area contributed by atoms with Crippen LogP contribution in [0.3, 0.4) is 0 Å². The first-order chi connectivity index (χ1) is 8.71. The Morgan fingerprint density at radius 2 is 1.89 bits per heavy atom. The molecule has 0 amide bonds. The van der Waals surface area contributed by atoms with Crippen LogP contribution in [-0.4, -0.2) is 37.4 Å². The van der Waals surface area contributed by atoms with E-state index >= 15 is 0 Å². The number of aliphatic hydroxyl groups excluding tert-OH is 1. The minimum Gasteiger partial charge on any atom is -0.395 e. The molecule has 1 unspecified atom stereocenters. The van der Waals surface area contributed by atoms with Gasteiger partial charge in [-0.15, -0.1) is 0 Å². The molecule has 0 aliphatic rings. The molecule has 0 fully saturated rings. The van der Waals surface area contributed by atoms with Gasteiger partial charge < -0.3 is 15.3 Å². The SMILES string of the molecule is CCNC(CO)CCN(CC)c1ccc(C)cc1. The molecule has 18 heavy (non-hydrogen) atoms. The van der Waals surface area contributed by atoms with Gasteiger partial charge in [0.25, 0.3) is 0 Å². The average molecular weight is 250 g/mol. The third kappa shape index (κ3) is 4.67. The van der Waals surface area contributed by atoms with E-state index in [-0.39, 0.29) is 12.6 Å². The predicted octanol–water partition coefficient (Wildman–Crippen LogP) is 2.18. The topological polar surface area (TPSA) is 35.5 Å². The van der Waals surface area contributed by atoms with Crippen LogP contribution in [0.1, 0.15) is 25.8 Å². The molecule has 3 heteroatoms. The fourth-order valence-corrected chi connectivity index (χ4v) is 2.08. The van der Waals surface area contributed by atoms with Crippen LogP contribution in [0.4, 0.5) is 5.69 Å². The zero-order chi connectivity index (χ0) is 13.4. The predicted molar refractivity (Wildman–Crippen MR) is 78.2 cm³/mol. The Morgan fingerprint density at radius 3 is 2.39 bits per heavy atom. The average Bonchev–Trinajstić information content (AvgIpc) is 2.40. The first-order valence-corrected chi connectivity index (χ1v) is 6.87. The van der Waals surface area contributed by atoms with Crippen molar-refractivity contribution in [2.45, 2.75) is 33.2 Å². The molecule has 1 aromatic carbocycles. The Bertz CT molecular complexity index is 324. The highest BCUT2D eigenvalue weighted by molar-refractivity contribution is 5.47. The molecule has 0 heterocycles. The van der Waals surface area contributed by atoms with Gasteiger partial charge in [-0.1, -0.05) is 24.6 Å². The van der Waals surface area contributed by atoms with E-state index in [1.54, 1.807) is 0 Å². The quantitative estimate of drug-likeness (QED) is 0.742. The van der Waals surface area contributed by atoms with Crippen molar-refractivity contribution in [1.82, 2.24) is 5.32 Å². The number of rotatable bonds is 8. The number of benzene rings is 1. The normalized spacial score (nSPS) is 12.4. The Balaban J connectivity index is 2.53. The van der Waals surface area contributed by atoms with Crippen LogP contribution in [0.2, 0.25) is 0 Å². The van der Waals surface area contributed by atoms with Crippen LogP contribution in [0, 0.1) is 6.92 Å². The highest BCUT2D eigenvalue weighted by Crippen LogP contribution is 2.15. The molecule has 102 valence electrons. The summed E-state index contributed by atoms with van der Waals surface area (Å²) in [5, 5.41) is 12.6. The Hall–Kier alpha value is -1.06. The molecular weight excluding hydrogens is 224 g/mol. The second kappa shape index (κ2) is 8.11. The molecule has 0 aliphatic carbocycles. The van der Waals surface area contributed by atoms with E-state index in [1.165, 1.54) is 11.3 Å². The summed E-state index contributed by atoms with van der Waals surface area (Å²) in [4.78, 5) is 2.35. The first kappa shape index (κ1) is 15.0. The van der Waals surface area contributed by atoms with Crippen LogP contribution in [0.25, 0.3) is 0 Å². The van der Waals surface area contributed by atoms with E-state index in [0.29, 0.717) is 0 Å². The van der Waals surface area contributed by atoms with Crippen LogP contribution in [0.15, 0.2) is 24.3 Å². The van der Waals surface area contributed by atoms with Crippen molar-refractivity contribution < 1.29 is 5.11 Å². The maximum absolute atomic E-state index is 9.27. The van der Waals surface area contributed by atoms with Gasteiger partial charge in [0.15, 0.2) is 0 Å². The summed E-state index contributed by atoms with van der Waals surface area (Å²) in [5.74, 6) is 0. The maximum atomic E-state index is 9.27. The molecule has 2 N–H and O–H groups in total. The third-order valence-corrected chi connectivity index (χ3v) is 3.24. The standard InChI is InChI=1S/C15H26N2O/c1-4-16-14(12-18)10-11-17(5-2)15-8-6-13(3)7-9-15/h6-9,14,16,18H,4-5,10-12H2,1-3H3. The van der Waals surface area contributed by atoms with Crippen molar-refractivity contribution in [2.75, 3.05) is 31.1 Å². The number of hydrogen-bond acceptors (Lipinski definition) is 3. The van der Waals surface area contributed by atoms with E-state index in [2.05, 4.69) is 55.3 Å². The van der Waals surface area contributed by atoms with Gasteiger partial charge in [0, 0.05) is 24.8 Å². The lowest BCUT2D eigenvalue weighted by Crippen LogP contribution is -2.36. The van der Waals surface area contributed by atoms with Gasteiger partial charge in [0.2, 0.25) is 0 Å². The largest absolute Gasteiger partial charge is 0.395 e. The van der Waals surface area contributed by atoms with Crippen LogP contribution in [0.5, 0.6) is 0 Å². The van der Waals surface area contributed by atoms with Gasteiger partial charge >= 0.3 is 0 Å². The number of anilines is 1. The van der Waals surface area contributed by atoms with Crippen molar-refractivity contribution in [3.8, 4) is 0 Å². The van der Waals surface area contributed by atoms with E-state index in [9.17, 15) is 5.11 Å². The summed E-state index contributed by atoms with van der Waals surface area (Å²) in [6, 6.07) is 8.83. The molecule has 1 atom stereocenters. The van der Waals surface area contributed by atoms with Crippen molar-refractivity contribution >= 4 is 5.69 Å². The number of likely N-dealkylation sites (N-methyl/N-ethyl adjacent to an activating group) is 1. The summed E-state index contributed by atoms with van der Waals surface area (Å²) in [6.07, 6.45) is 0.964. The van der Waals surface area contributed by atoms with Crippen LogP contribution < -0.4 is 10.2 Å². The van der Waals surface area contributed by atoms with Crippen molar-refractivity contribution in [3.63, 3.8) is 0 Å². The van der Waals surface area contributed by atoms with Crippen molar-refractivity contribution in [2.24, 2.45) is 0 Å². The monoisotopic (exact) mass is 250 g/mol. The second-order valence-corrected chi connectivity index (χ2v) is 4.64. The van der Waals surface area contributed by atoms with Gasteiger partial charge in [0.1, 0.15) is 0 Å². The molecular formula is C15H26N2O. The Kier molecular flexibility index (Phi) is 6.76. The lowest BCUT2D eigenvalue weighted by molar-refractivity contribution is 0.238. The van der Waals surface area contributed by atoms with Crippen molar-refractivity contribution in [3.05, 3.63) is 29.8 Å². The van der Waals surface area contributed by atoms with Gasteiger partial charge in [-0.3, -0.25) is 0 Å². The summed E-state index contributed by atoms with van der Waals surface area (Å²) >= 11 is 0. The van der Waals surface area contributed by atoms with Gasteiger partial charge in [0.05, 0.1) is 6.61 Å². The third-order valence-electron chi connectivity index (χ3n) is 3.24. The number of nitrogens with one attached hydrogen (secondary N) is 1. The molecule has 0 radical (unpaired) electrons. The minimum absolute atomic E-state index is 0.203. The van der Waals surface area contributed by atoms with E-state index in [4.69, 9.17) is 0 Å². The summed E-state index contributed by atoms with van der Waals surface area (Å²) < 4.78 is 0. The second-order valence-electron chi connectivity index (χ2n) is 4.64. The van der Waals surface area contributed by atoms with E-state index in [0.717, 1.165) is 26.1 Å². The molecule has 1 rings (SSSR count). The molecule has 0 saturated carbocycles. The van der Waals surface area contributed by atoms with E-state index < -0.39 is 0 Å². The lowest BCUT2D eigenvalue weighted by Gasteiger charge is -2.25. The molecule has 1 aromatic rings. The highest BCUT2D eigenvalue weighted by Gasteiger charge is 2.09. The summed E-state index contributed by atoms with van der Waals surface area (Å²) in [5.41, 5.74) is 2.55.